The molecule has 2 N–H and O–H groups in total. The van der Waals surface area contributed by atoms with Crippen LogP contribution < -0.4 is 10.6 Å². The Labute approximate surface area is 156 Å². The van der Waals surface area contributed by atoms with E-state index in [0.717, 1.165) is 5.56 Å². The SMILES string of the molecule is O=C(NCc1ccccc1)c1cccc(NC(=O)c2cccc(Cl)c2)c1. The summed E-state index contributed by atoms with van der Waals surface area (Å²) >= 11 is 5.91. The van der Waals surface area contributed by atoms with Crippen molar-refractivity contribution in [3.05, 3.63) is 101 Å². The van der Waals surface area contributed by atoms with Crippen LogP contribution >= 0.6 is 11.6 Å². The van der Waals surface area contributed by atoms with Gasteiger partial charge in [-0.2, -0.15) is 0 Å². The first-order valence-electron chi connectivity index (χ1n) is 8.11. The van der Waals surface area contributed by atoms with Crippen LogP contribution in [0.1, 0.15) is 26.3 Å². The van der Waals surface area contributed by atoms with Gasteiger partial charge in [-0.3, -0.25) is 9.59 Å². The molecule has 2 amide bonds. The van der Waals surface area contributed by atoms with Crippen LogP contribution in [0.5, 0.6) is 0 Å². The molecule has 0 aliphatic heterocycles. The van der Waals surface area contributed by atoms with Crippen LogP contribution in [0.2, 0.25) is 5.02 Å². The van der Waals surface area contributed by atoms with E-state index in [4.69, 9.17) is 11.6 Å². The van der Waals surface area contributed by atoms with Crippen LogP contribution in [-0.4, -0.2) is 11.8 Å². The number of nitrogens with one attached hydrogen (secondary N) is 2. The van der Waals surface area contributed by atoms with Crippen molar-refractivity contribution in [3.8, 4) is 0 Å². The van der Waals surface area contributed by atoms with E-state index in [1.807, 2.05) is 30.3 Å². The predicted octanol–water partition coefficient (Wildman–Crippen LogP) is 4.52. The molecule has 0 saturated heterocycles. The van der Waals surface area contributed by atoms with Crippen LogP contribution in [0, 0.1) is 0 Å². The number of anilines is 1. The highest BCUT2D eigenvalue weighted by atomic mass is 35.5. The number of carbonyl (C=O) groups is 2. The number of amides is 2. The predicted molar refractivity (Wildman–Crippen MR) is 103 cm³/mol. The van der Waals surface area contributed by atoms with Gasteiger partial charge >= 0.3 is 0 Å². The monoisotopic (exact) mass is 364 g/mol. The van der Waals surface area contributed by atoms with E-state index in [2.05, 4.69) is 10.6 Å². The molecule has 0 heterocycles. The molecule has 0 atom stereocenters. The molecule has 3 rings (SSSR count). The number of rotatable bonds is 5. The summed E-state index contributed by atoms with van der Waals surface area (Å²) in [4.78, 5) is 24.6. The third-order valence-electron chi connectivity index (χ3n) is 3.77. The molecule has 4 nitrogen and oxygen atoms in total. The van der Waals surface area contributed by atoms with Gasteiger partial charge < -0.3 is 10.6 Å². The average molecular weight is 365 g/mol. The molecule has 0 unspecified atom stereocenters. The molecule has 0 radical (unpaired) electrons. The molecule has 26 heavy (non-hydrogen) atoms. The van der Waals surface area contributed by atoms with E-state index in [-0.39, 0.29) is 11.8 Å². The third kappa shape index (κ3) is 4.71. The lowest BCUT2D eigenvalue weighted by molar-refractivity contribution is 0.0949. The average Bonchev–Trinajstić information content (AvgIpc) is 2.67. The molecule has 0 aromatic heterocycles. The highest BCUT2D eigenvalue weighted by molar-refractivity contribution is 6.31. The number of carbonyl (C=O) groups excluding carboxylic acids is 2. The minimum Gasteiger partial charge on any atom is -0.348 e. The first-order valence-corrected chi connectivity index (χ1v) is 8.49. The second kappa shape index (κ2) is 8.32. The largest absolute Gasteiger partial charge is 0.348 e. The van der Waals surface area contributed by atoms with Crippen LogP contribution in [-0.2, 0) is 6.54 Å². The van der Waals surface area contributed by atoms with Crippen molar-refractivity contribution < 1.29 is 9.59 Å². The Hall–Kier alpha value is -3.11. The normalized spacial score (nSPS) is 10.2. The molecule has 0 aliphatic carbocycles. The Morgan fingerprint density at radius 1 is 0.769 bits per heavy atom. The summed E-state index contributed by atoms with van der Waals surface area (Å²) in [5.74, 6) is -0.484. The van der Waals surface area contributed by atoms with Gasteiger partial charge in [0.2, 0.25) is 0 Å². The van der Waals surface area contributed by atoms with Crippen molar-refractivity contribution in [2.75, 3.05) is 5.32 Å². The van der Waals surface area contributed by atoms with Crippen LogP contribution in [0.25, 0.3) is 0 Å². The van der Waals surface area contributed by atoms with Gasteiger partial charge in [-0.25, -0.2) is 0 Å². The molecular formula is C21H17ClN2O2. The molecule has 0 aliphatic rings. The topological polar surface area (TPSA) is 58.2 Å². The quantitative estimate of drug-likeness (QED) is 0.699. The Bertz CT molecular complexity index is 926. The Morgan fingerprint density at radius 2 is 1.46 bits per heavy atom. The van der Waals surface area contributed by atoms with Crippen molar-refractivity contribution in [3.63, 3.8) is 0 Å². The summed E-state index contributed by atoms with van der Waals surface area (Å²) in [7, 11) is 0. The second-order valence-corrected chi connectivity index (χ2v) is 6.15. The van der Waals surface area contributed by atoms with E-state index in [0.29, 0.717) is 28.4 Å². The fraction of sp³-hybridized carbons (Fsp3) is 0.0476. The smallest absolute Gasteiger partial charge is 0.255 e. The molecule has 130 valence electrons. The van der Waals surface area contributed by atoms with Gasteiger partial charge in [-0.05, 0) is 42.0 Å². The van der Waals surface area contributed by atoms with Crippen molar-refractivity contribution in [2.45, 2.75) is 6.54 Å². The van der Waals surface area contributed by atoms with E-state index >= 15 is 0 Å². The summed E-state index contributed by atoms with van der Waals surface area (Å²) in [6, 6.07) is 23.2. The number of halogens is 1. The first kappa shape index (κ1) is 17.7. The summed E-state index contributed by atoms with van der Waals surface area (Å²) < 4.78 is 0. The number of hydrogen-bond acceptors (Lipinski definition) is 2. The zero-order chi connectivity index (χ0) is 18.4. The van der Waals surface area contributed by atoms with Gasteiger partial charge in [0.1, 0.15) is 0 Å². The van der Waals surface area contributed by atoms with Crippen LogP contribution in [0.15, 0.2) is 78.9 Å². The number of hydrogen-bond donors (Lipinski definition) is 2. The van der Waals surface area contributed by atoms with Gasteiger partial charge in [0, 0.05) is 28.4 Å². The molecule has 0 fully saturated rings. The van der Waals surface area contributed by atoms with Gasteiger partial charge in [-0.15, -0.1) is 0 Å². The maximum Gasteiger partial charge on any atom is 0.255 e. The molecule has 3 aromatic rings. The fourth-order valence-corrected chi connectivity index (χ4v) is 2.64. The van der Waals surface area contributed by atoms with Crippen molar-refractivity contribution in [1.82, 2.24) is 5.32 Å². The van der Waals surface area contributed by atoms with Gasteiger partial charge in [-0.1, -0.05) is 54.1 Å². The highest BCUT2D eigenvalue weighted by Gasteiger charge is 2.09. The van der Waals surface area contributed by atoms with Gasteiger partial charge in [0.15, 0.2) is 0 Å². The fourth-order valence-electron chi connectivity index (χ4n) is 2.45. The maximum absolute atomic E-state index is 12.3. The number of benzene rings is 3. The molecular weight excluding hydrogens is 348 g/mol. The van der Waals surface area contributed by atoms with E-state index in [1.165, 1.54) is 0 Å². The van der Waals surface area contributed by atoms with Crippen molar-refractivity contribution in [2.24, 2.45) is 0 Å². The summed E-state index contributed by atoms with van der Waals surface area (Å²) in [5, 5.41) is 6.14. The first-order chi connectivity index (χ1) is 12.6. The van der Waals surface area contributed by atoms with Gasteiger partial charge in [0.05, 0.1) is 0 Å². The lowest BCUT2D eigenvalue weighted by Crippen LogP contribution is -2.23. The summed E-state index contributed by atoms with van der Waals surface area (Å²) in [5.41, 5.74) is 2.50. The maximum atomic E-state index is 12.3. The van der Waals surface area contributed by atoms with Crippen molar-refractivity contribution in [1.29, 1.82) is 0 Å². The lowest BCUT2D eigenvalue weighted by Gasteiger charge is -2.09. The highest BCUT2D eigenvalue weighted by Crippen LogP contribution is 2.15. The zero-order valence-electron chi connectivity index (χ0n) is 13.9. The standard InChI is InChI=1S/C21H17ClN2O2/c22-18-10-4-8-16(12-18)21(26)24-19-11-5-9-17(13-19)20(25)23-14-15-6-2-1-3-7-15/h1-13H,14H2,(H,23,25)(H,24,26). The Morgan fingerprint density at radius 3 is 2.19 bits per heavy atom. The van der Waals surface area contributed by atoms with Crippen LogP contribution in [0.4, 0.5) is 5.69 Å². The molecule has 0 spiro atoms. The Balaban J connectivity index is 1.65. The minimum atomic E-state index is -0.283. The molecule has 0 bridgehead atoms. The molecule has 0 saturated carbocycles. The molecule has 5 heteroatoms. The summed E-state index contributed by atoms with van der Waals surface area (Å²) in [6.07, 6.45) is 0. The van der Waals surface area contributed by atoms with Crippen LogP contribution in [0.3, 0.4) is 0 Å². The van der Waals surface area contributed by atoms with E-state index in [1.54, 1.807) is 48.5 Å². The van der Waals surface area contributed by atoms with E-state index in [9.17, 15) is 9.59 Å². The van der Waals surface area contributed by atoms with Crippen molar-refractivity contribution >= 4 is 29.1 Å². The minimum absolute atomic E-state index is 0.201. The molecule has 3 aromatic carbocycles. The summed E-state index contributed by atoms with van der Waals surface area (Å²) in [6.45, 7) is 0.443. The third-order valence-corrected chi connectivity index (χ3v) is 4.00. The second-order valence-electron chi connectivity index (χ2n) is 5.71. The zero-order valence-corrected chi connectivity index (χ0v) is 14.7. The van der Waals surface area contributed by atoms with E-state index < -0.39 is 0 Å². The lowest BCUT2D eigenvalue weighted by atomic mass is 10.1. The van der Waals surface area contributed by atoms with Gasteiger partial charge in [0.25, 0.3) is 11.8 Å². The Kier molecular flexibility index (Phi) is 5.66.